The van der Waals surface area contributed by atoms with E-state index in [2.05, 4.69) is 4.90 Å². The number of aryl methyl sites for hydroxylation is 2. The van der Waals surface area contributed by atoms with E-state index in [9.17, 15) is 14.7 Å². The fourth-order valence-corrected chi connectivity index (χ4v) is 3.74. The fraction of sp³-hybridized carbons (Fsp3) is 0.579. The first-order chi connectivity index (χ1) is 12.0. The van der Waals surface area contributed by atoms with Gasteiger partial charge in [-0.2, -0.15) is 0 Å². The Hall–Kier alpha value is -1.92. The predicted octanol–water partition coefficient (Wildman–Crippen LogP) is 1.69. The first kappa shape index (κ1) is 17.9. The molecule has 2 fully saturated rings. The molecule has 2 atom stereocenters. The van der Waals surface area contributed by atoms with Crippen molar-refractivity contribution in [2.75, 3.05) is 32.8 Å². The Kier molecular flexibility index (Phi) is 5.39. The maximum absolute atomic E-state index is 12.9. The molecule has 1 N–H and O–H groups in total. The van der Waals surface area contributed by atoms with Crippen molar-refractivity contribution >= 4 is 11.9 Å². The highest BCUT2D eigenvalue weighted by molar-refractivity contribution is 5.97. The van der Waals surface area contributed by atoms with E-state index in [1.54, 1.807) is 6.07 Å². The minimum absolute atomic E-state index is 0.184. The molecule has 6 nitrogen and oxygen atoms in total. The van der Waals surface area contributed by atoms with Gasteiger partial charge in [0.1, 0.15) is 6.04 Å². The molecule has 1 aromatic carbocycles. The summed E-state index contributed by atoms with van der Waals surface area (Å²) >= 11 is 0. The molecule has 0 bridgehead atoms. The molecule has 3 rings (SSSR count). The van der Waals surface area contributed by atoms with Gasteiger partial charge in [0.25, 0.3) is 5.91 Å². The Labute approximate surface area is 148 Å². The lowest BCUT2D eigenvalue weighted by atomic mass is 9.94. The summed E-state index contributed by atoms with van der Waals surface area (Å²) in [6, 6.07) is 4.99. The molecule has 1 amide bonds. The van der Waals surface area contributed by atoms with Gasteiger partial charge in [-0.25, -0.2) is 4.79 Å². The van der Waals surface area contributed by atoms with E-state index < -0.39 is 12.0 Å². The third-order valence-corrected chi connectivity index (χ3v) is 5.44. The number of nitrogens with zero attached hydrogens (tertiary/aromatic N) is 2. The maximum atomic E-state index is 12.9. The van der Waals surface area contributed by atoms with E-state index in [0.29, 0.717) is 31.7 Å². The molecule has 2 saturated heterocycles. The minimum Gasteiger partial charge on any atom is -0.480 e. The number of morpholine rings is 1. The summed E-state index contributed by atoms with van der Waals surface area (Å²) in [4.78, 5) is 28.5. The van der Waals surface area contributed by atoms with Gasteiger partial charge in [0.2, 0.25) is 0 Å². The van der Waals surface area contributed by atoms with E-state index in [4.69, 9.17) is 4.74 Å². The Balaban J connectivity index is 1.75. The molecule has 0 radical (unpaired) electrons. The van der Waals surface area contributed by atoms with Crippen LogP contribution in [-0.2, 0) is 9.53 Å². The Morgan fingerprint density at radius 2 is 1.84 bits per heavy atom. The van der Waals surface area contributed by atoms with Gasteiger partial charge >= 0.3 is 5.97 Å². The summed E-state index contributed by atoms with van der Waals surface area (Å²) in [6.07, 6.45) is 1.28. The van der Waals surface area contributed by atoms with Crippen molar-refractivity contribution in [3.63, 3.8) is 0 Å². The van der Waals surface area contributed by atoms with Crippen LogP contribution < -0.4 is 0 Å². The van der Waals surface area contributed by atoms with Crippen LogP contribution in [0.15, 0.2) is 18.2 Å². The quantitative estimate of drug-likeness (QED) is 0.902. The highest BCUT2D eigenvalue weighted by atomic mass is 16.5. The molecule has 0 saturated carbocycles. The number of rotatable bonds is 3. The van der Waals surface area contributed by atoms with E-state index in [0.717, 1.165) is 30.6 Å². The third-order valence-electron chi connectivity index (χ3n) is 5.44. The summed E-state index contributed by atoms with van der Waals surface area (Å²) in [5.41, 5.74) is 2.73. The highest BCUT2D eigenvalue weighted by Gasteiger charge is 2.38. The zero-order valence-corrected chi connectivity index (χ0v) is 14.9. The van der Waals surface area contributed by atoms with E-state index in [1.807, 2.05) is 26.0 Å². The van der Waals surface area contributed by atoms with Crippen LogP contribution in [0.5, 0.6) is 0 Å². The summed E-state index contributed by atoms with van der Waals surface area (Å²) in [5.74, 6) is -1.11. The van der Waals surface area contributed by atoms with Gasteiger partial charge in [-0.15, -0.1) is 0 Å². The zero-order chi connectivity index (χ0) is 18.0. The summed E-state index contributed by atoms with van der Waals surface area (Å²) in [6.45, 7) is 7.50. The average Bonchev–Trinajstić information content (AvgIpc) is 2.63. The first-order valence-corrected chi connectivity index (χ1v) is 8.90. The normalized spacial score (nSPS) is 25.0. The van der Waals surface area contributed by atoms with Gasteiger partial charge in [-0.05, 0) is 49.9 Å². The molecule has 0 aliphatic carbocycles. The molecule has 136 valence electrons. The number of hydrogen-bond acceptors (Lipinski definition) is 4. The smallest absolute Gasteiger partial charge is 0.326 e. The number of likely N-dealkylation sites (tertiary alicyclic amines) is 1. The topological polar surface area (TPSA) is 70.1 Å². The molecule has 0 spiro atoms. The minimum atomic E-state index is -0.921. The van der Waals surface area contributed by atoms with Gasteiger partial charge in [0.15, 0.2) is 0 Å². The van der Waals surface area contributed by atoms with Crippen LogP contribution in [0.25, 0.3) is 0 Å². The van der Waals surface area contributed by atoms with Crippen LogP contribution in [0.1, 0.15) is 34.3 Å². The van der Waals surface area contributed by atoms with Crippen molar-refractivity contribution in [3.05, 3.63) is 34.9 Å². The van der Waals surface area contributed by atoms with Crippen molar-refractivity contribution in [3.8, 4) is 0 Å². The second-order valence-corrected chi connectivity index (χ2v) is 6.98. The summed E-state index contributed by atoms with van der Waals surface area (Å²) in [5, 5.41) is 9.68. The number of carbonyl (C=O) groups is 2. The molecule has 0 aromatic heterocycles. The van der Waals surface area contributed by atoms with Gasteiger partial charge in [-0.1, -0.05) is 6.07 Å². The molecule has 2 aliphatic heterocycles. The fourth-order valence-electron chi connectivity index (χ4n) is 3.74. The average molecular weight is 346 g/mol. The highest BCUT2D eigenvalue weighted by Crippen LogP contribution is 2.25. The van der Waals surface area contributed by atoms with Crippen LogP contribution in [0, 0.1) is 13.8 Å². The summed E-state index contributed by atoms with van der Waals surface area (Å²) in [7, 11) is 0. The largest absolute Gasteiger partial charge is 0.480 e. The van der Waals surface area contributed by atoms with Crippen LogP contribution in [0.2, 0.25) is 0 Å². The maximum Gasteiger partial charge on any atom is 0.326 e. The number of ether oxygens (including phenoxy) is 1. The van der Waals surface area contributed by atoms with E-state index >= 15 is 0 Å². The van der Waals surface area contributed by atoms with E-state index in [1.165, 1.54) is 4.90 Å². The van der Waals surface area contributed by atoms with Gasteiger partial charge in [0, 0.05) is 31.2 Å². The van der Waals surface area contributed by atoms with Crippen LogP contribution in [0.4, 0.5) is 0 Å². The zero-order valence-electron chi connectivity index (χ0n) is 14.9. The van der Waals surface area contributed by atoms with Crippen LogP contribution >= 0.6 is 0 Å². The molecular weight excluding hydrogens is 320 g/mol. The van der Waals surface area contributed by atoms with Crippen molar-refractivity contribution < 1.29 is 19.4 Å². The number of hydrogen-bond donors (Lipinski definition) is 1. The predicted molar refractivity (Wildman–Crippen MR) is 93.8 cm³/mol. The van der Waals surface area contributed by atoms with Crippen molar-refractivity contribution in [2.45, 2.75) is 38.8 Å². The van der Waals surface area contributed by atoms with Gasteiger partial charge < -0.3 is 14.7 Å². The molecular formula is C19H26N2O4. The lowest BCUT2D eigenvalue weighted by Crippen LogP contribution is -2.56. The number of benzene rings is 1. The molecule has 2 aliphatic rings. The number of carbonyl (C=O) groups excluding carboxylic acids is 1. The number of carboxylic acid groups (broad SMARTS) is 1. The Morgan fingerprint density at radius 1 is 1.12 bits per heavy atom. The summed E-state index contributed by atoms with van der Waals surface area (Å²) < 4.78 is 5.38. The van der Waals surface area contributed by atoms with E-state index in [-0.39, 0.29) is 11.9 Å². The van der Waals surface area contributed by atoms with Gasteiger partial charge in [-0.3, -0.25) is 9.69 Å². The molecule has 25 heavy (non-hydrogen) atoms. The first-order valence-electron chi connectivity index (χ1n) is 8.90. The number of carboxylic acids is 1. The third kappa shape index (κ3) is 3.85. The molecule has 0 unspecified atom stereocenters. The monoisotopic (exact) mass is 346 g/mol. The van der Waals surface area contributed by atoms with Crippen molar-refractivity contribution in [2.24, 2.45) is 0 Å². The number of piperidine rings is 1. The van der Waals surface area contributed by atoms with Crippen molar-refractivity contribution in [1.82, 2.24) is 9.80 Å². The van der Waals surface area contributed by atoms with Gasteiger partial charge in [0.05, 0.1) is 13.2 Å². The van der Waals surface area contributed by atoms with Crippen molar-refractivity contribution in [1.29, 1.82) is 0 Å². The molecule has 2 heterocycles. The standard InChI is InChI=1S/C19H26N2O4/c1-13-3-4-15(11-14(13)2)18(22)21-6-5-16(12-17(21)19(23)24)20-7-9-25-10-8-20/h3-4,11,16-17H,5-10,12H2,1-2H3,(H,23,24)/t16-,17+/m0/s1. The Morgan fingerprint density at radius 3 is 2.48 bits per heavy atom. The second-order valence-electron chi connectivity index (χ2n) is 6.98. The SMILES string of the molecule is Cc1ccc(C(=O)N2CC[C@H](N3CCOCC3)C[C@@H]2C(=O)O)cc1C. The molecule has 6 heteroatoms. The lowest BCUT2D eigenvalue weighted by Gasteiger charge is -2.43. The van der Waals surface area contributed by atoms with Crippen LogP contribution in [0.3, 0.4) is 0 Å². The molecule has 1 aromatic rings. The Bertz CT molecular complexity index is 655. The number of aliphatic carboxylic acids is 1. The van der Waals surface area contributed by atoms with Crippen LogP contribution in [-0.4, -0.2) is 71.7 Å². The number of amides is 1. The lowest BCUT2D eigenvalue weighted by molar-refractivity contribution is -0.144. The second kappa shape index (κ2) is 7.54.